The van der Waals surface area contributed by atoms with Crippen LogP contribution in [0.1, 0.15) is 37.3 Å². The second-order valence-electron chi connectivity index (χ2n) is 4.80. The van der Waals surface area contributed by atoms with E-state index in [1.54, 1.807) is 13.8 Å². The molecular formula is C13H13F3O. The molecule has 4 heteroatoms. The van der Waals surface area contributed by atoms with Crippen LogP contribution in [0.4, 0.5) is 13.2 Å². The Balaban J connectivity index is 2.63. The molecule has 1 aliphatic carbocycles. The molecule has 17 heavy (non-hydrogen) atoms. The molecule has 0 fully saturated rings. The maximum atomic E-state index is 13.7. The molecule has 0 bridgehead atoms. The molecule has 1 aliphatic rings. The Bertz CT molecular complexity index is 466. The summed E-state index contributed by atoms with van der Waals surface area (Å²) in [6, 6.07) is 3.28. The number of hydrogen-bond donors (Lipinski definition) is 0. The maximum Gasteiger partial charge on any atom is 0.280 e. The molecule has 1 atom stereocenters. The van der Waals surface area contributed by atoms with Crippen molar-refractivity contribution in [2.75, 3.05) is 0 Å². The average Bonchev–Trinajstić information content (AvgIpc) is 2.17. The molecule has 0 amide bonds. The van der Waals surface area contributed by atoms with Gasteiger partial charge in [0.05, 0.1) is 6.42 Å². The fourth-order valence-electron chi connectivity index (χ4n) is 2.44. The highest BCUT2D eigenvalue weighted by molar-refractivity contribution is 5.89. The second-order valence-corrected chi connectivity index (χ2v) is 4.80. The second kappa shape index (κ2) is 3.86. The molecule has 0 N–H and O–H groups in total. The molecule has 0 radical (unpaired) electrons. The standard InChI is InChI=1S/C13H13F3O/c1-7(2)12-9-4-3-8(14)5-10(9)13(15,16)6-11(12)17/h3-5,7,12H,6H2,1-2H3. The Hall–Kier alpha value is -1.32. The van der Waals surface area contributed by atoms with Gasteiger partial charge in [0.15, 0.2) is 0 Å². The summed E-state index contributed by atoms with van der Waals surface area (Å²) in [4.78, 5) is 11.7. The maximum absolute atomic E-state index is 13.7. The molecule has 2 rings (SSSR count). The monoisotopic (exact) mass is 242 g/mol. The summed E-state index contributed by atoms with van der Waals surface area (Å²) in [7, 11) is 0. The van der Waals surface area contributed by atoms with Crippen LogP contribution in [0, 0.1) is 11.7 Å². The van der Waals surface area contributed by atoms with Crippen LogP contribution in [-0.2, 0) is 10.7 Å². The van der Waals surface area contributed by atoms with Crippen molar-refractivity contribution in [1.82, 2.24) is 0 Å². The van der Waals surface area contributed by atoms with Gasteiger partial charge in [0.1, 0.15) is 11.6 Å². The van der Waals surface area contributed by atoms with Gasteiger partial charge in [0.2, 0.25) is 0 Å². The van der Waals surface area contributed by atoms with Gasteiger partial charge < -0.3 is 0 Å². The third-order valence-electron chi connectivity index (χ3n) is 3.15. The largest absolute Gasteiger partial charge is 0.299 e. The molecule has 92 valence electrons. The number of carbonyl (C=O) groups is 1. The molecular weight excluding hydrogens is 229 g/mol. The predicted octanol–water partition coefficient (Wildman–Crippen LogP) is 3.63. The van der Waals surface area contributed by atoms with Gasteiger partial charge in [-0.25, -0.2) is 13.2 Å². The van der Waals surface area contributed by atoms with Gasteiger partial charge in [-0.3, -0.25) is 4.79 Å². The summed E-state index contributed by atoms with van der Waals surface area (Å²) in [5.41, 5.74) is -0.0709. The lowest BCUT2D eigenvalue weighted by Crippen LogP contribution is -2.33. The quantitative estimate of drug-likeness (QED) is 0.735. The molecule has 0 aromatic heterocycles. The molecule has 1 unspecified atom stereocenters. The predicted molar refractivity (Wildman–Crippen MR) is 57.5 cm³/mol. The van der Waals surface area contributed by atoms with Crippen molar-refractivity contribution in [1.29, 1.82) is 0 Å². The zero-order valence-electron chi connectivity index (χ0n) is 9.64. The number of rotatable bonds is 1. The zero-order valence-corrected chi connectivity index (χ0v) is 9.64. The summed E-state index contributed by atoms with van der Waals surface area (Å²) in [6.07, 6.45) is -0.827. The van der Waals surface area contributed by atoms with Gasteiger partial charge in [0.25, 0.3) is 5.92 Å². The first-order valence-electron chi connectivity index (χ1n) is 5.53. The summed E-state index contributed by atoms with van der Waals surface area (Å²) >= 11 is 0. The third kappa shape index (κ3) is 1.96. The molecule has 0 saturated heterocycles. The van der Waals surface area contributed by atoms with E-state index in [2.05, 4.69) is 0 Å². The number of hydrogen-bond acceptors (Lipinski definition) is 1. The highest BCUT2D eigenvalue weighted by Crippen LogP contribution is 2.45. The topological polar surface area (TPSA) is 17.1 Å². The van der Waals surface area contributed by atoms with Gasteiger partial charge >= 0.3 is 0 Å². The van der Waals surface area contributed by atoms with E-state index in [1.807, 2.05) is 0 Å². The molecule has 0 spiro atoms. The van der Waals surface area contributed by atoms with Crippen molar-refractivity contribution in [3.8, 4) is 0 Å². The van der Waals surface area contributed by atoms with Crippen LogP contribution >= 0.6 is 0 Å². The Morgan fingerprint density at radius 2 is 2.00 bits per heavy atom. The number of carbonyl (C=O) groups excluding carboxylic acids is 1. The van der Waals surface area contributed by atoms with E-state index >= 15 is 0 Å². The lowest BCUT2D eigenvalue weighted by Gasteiger charge is -2.32. The molecule has 0 heterocycles. The van der Waals surface area contributed by atoms with Crippen LogP contribution in [-0.4, -0.2) is 5.78 Å². The minimum Gasteiger partial charge on any atom is -0.299 e. The Morgan fingerprint density at radius 3 is 2.59 bits per heavy atom. The summed E-state index contributed by atoms with van der Waals surface area (Å²) in [6.45, 7) is 3.61. The number of alkyl halides is 2. The Morgan fingerprint density at radius 1 is 1.35 bits per heavy atom. The van der Waals surface area contributed by atoms with E-state index in [0.29, 0.717) is 0 Å². The molecule has 1 aromatic rings. The van der Waals surface area contributed by atoms with Gasteiger partial charge in [-0.1, -0.05) is 19.9 Å². The first-order valence-corrected chi connectivity index (χ1v) is 5.53. The highest BCUT2D eigenvalue weighted by atomic mass is 19.3. The fraction of sp³-hybridized carbons (Fsp3) is 0.462. The van der Waals surface area contributed by atoms with Crippen LogP contribution in [0.25, 0.3) is 0 Å². The number of benzene rings is 1. The summed E-state index contributed by atoms with van der Waals surface area (Å²) < 4.78 is 40.4. The van der Waals surface area contributed by atoms with Crippen molar-refractivity contribution in [2.24, 2.45) is 5.92 Å². The summed E-state index contributed by atoms with van der Waals surface area (Å²) in [5, 5.41) is 0. The van der Waals surface area contributed by atoms with E-state index in [0.717, 1.165) is 12.1 Å². The number of ketones is 1. The van der Waals surface area contributed by atoms with Crippen molar-refractivity contribution in [2.45, 2.75) is 32.1 Å². The van der Waals surface area contributed by atoms with E-state index < -0.39 is 29.9 Å². The van der Waals surface area contributed by atoms with E-state index in [1.165, 1.54) is 6.07 Å². The average molecular weight is 242 g/mol. The van der Waals surface area contributed by atoms with E-state index in [4.69, 9.17) is 0 Å². The fourth-order valence-corrected chi connectivity index (χ4v) is 2.44. The number of fused-ring (bicyclic) bond motifs is 1. The van der Waals surface area contributed by atoms with Gasteiger partial charge in [-0.2, -0.15) is 0 Å². The molecule has 1 aromatic carbocycles. The Kier molecular flexibility index (Phi) is 2.76. The first-order chi connectivity index (χ1) is 7.83. The van der Waals surface area contributed by atoms with Crippen LogP contribution < -0.4 is 0 Å². The lowest BCUT2D eigenvalue weighted by molar-refractivity contribution is -0.131. The van der Waals surface area contributed by atoms with Crippen LogP contribution in [0.15, 0.2) is 18.2 Å². The Labute approximate surface area is 97.6 Å². The first kappa shape index (κ1) is 12.1. The highest BCUT2D eigenvalue weighted by Gasteiger charge is 2.46. The zero-order chi connectivity index (χ0) is 12.8. The van der Waals surface area contributed by atoms with Gasteiger partial charge in [-0.15, -0.1) is 0 Å². The van der Waals surface area contributed by atoms with E-state index in [-0.39, 0.29) is 17.0 Å². The van der Waals surface area contributed by atoms with E-state index in [9.17, 15) is 18.0 Å². The van der Waals surface area contributed by atoms with Crippen molar-refractivity contribution in [3.63, 3.8) is 0 Å². The van der Waals surface area contributed by atoms with Crippen LogP contribution in [0.2, 0.25) is 0 Å². The SMILES string of the molecule is CC(C)C1C(=O)CC(F)(F)c2cc(F)ccc21. The summed E-state index contributed by atoms with van der Waals surface area (Å²) in [5.74, 6) is -5.03. The molecule has 0 saturated carbocycles. The van der Waals surface area contributed by atoms with Crippen molar-refractivity contribution in [3.05, 3.63) is 35.1 Å². The van der Waals surface area contributed by atoms with Gasteiger partial charge in [0, 0.05) is 11.5 Å². The molecule has 1 nitrogen and oxygen atoms in total. The van der Waals surface area contributed by atoms with Gasteiger partial charge in [-0.05, 0) is 23.6 Å². The molecule has 0 aliphatic heterocycles. The van der Waals surface area contributed by atoms with Crippen molar-refractivity contribution >= 4 is 5.78 Å². The number of Topliss-reactive ketones (excluding diaryl/α,β-unsaturated/α-hetero) is 1. The number of halogens is 3. The smallest absolute Gasteiger partial charge is 0.280 e. The lowest BCUT2D eigenvalue weighted by atomic mass is 9.74. The minimum atomic E-state index is -3.25. The van der Waals surface area contributed by atoms with Crippen LogP contribution in [0.3, 0.4) is 0 Å². The van der Waals surface area contributed by atoms with Crippen molar-refractivity contribution < 1.29 is 18.0 Å². The third-order valence-corrected chi connectivity index (χ3v) is 3.15. The minimum absolute atomic E-state index is 0.0668. The van der Waals surface area contributed by atoms with Crippen LogP contribution in [0.5, 0.6) is 0 Å². The normalized spacial score (nSPS) is 22.7.